The minimum atomic E-state index is -0.540. The van der Waals surface area contributed by atoms with Crippen molar-refractivity contribution in [2.45, 2.75) is 13.8 Å². The van der Waals surface area contributed by atoms with Crippen LogP contribution < -0.4 is 0 Å². The molecule has 0 spiro atoms. The first kappa shape index (κ1) is 19.4. The molecular weight excluding hydrogens is 294 g/mol. The maximum absolute atomic E-state index is 12.0. The normalized spacial score (nSPS) is 9.90. The van der Waals surface area contributed by atoms with E-state index in [4.69, 9.17) is 4.74 Å². The van der Waals surface area contributed by atoms with Crippen LogP contribution in [0.2, 0.25) is 0 Å². The van der Waals surface area contributed by atoms with Crippen LogP contribution in [0.4, 0.5) is 0 Å². The fourth-order valence-electron chi connectivity index (χ4n) is 1.83. The molecule has 1 aromatic rings. The summed E-state index contributed by atoms with van der Waals surface area (Å²) in [5.41, 5.74) is 0.460. The molecule has 0 fully saturated rings. The van der Waals surface area contributed by atoms with Crippen LogP contribution in [-0.4, -0.2) is 50.2 Å². The highest BCUT2D eigenvalue weighted by molar-refractivity contribution is 6.03. The van der Waals surface area contributed by atoms with Gasteiger partial charge < -0.3 is 14.4 Å². The van der Waals surface area contributed by atoms with Crippen LogP contribution in [0.5, 0.6) is 0 Å². The van der Waals surface area contributed by atoms with Gasteiger partial charge in [0.25, 0.3) is 0 Å². The summed E-state index contributed by atoms with van der Waals surface area (Å²) in [5, 5.41) is 0. The van der Waals surface area contributed by atoms with Crippen molar-refractivity contribution in [1.29, 1.82) is 0 Å². The lowest BCUT2D eigenvalue weighted by Crippen LogP contribution is -2.28. The van der Waals surface area contributed by atoms with Gasteiger partial charge in [-0.25, -0.2) is 9.59 Å². The number of carbonyl (C=O) groups is 2. The number of methoxy groups -OCH3 is 1. The highest BCUT2D eigenvalue weighted by Gasteiger charge is 2.18. The molecule has 0 bridgehead atoms. The molecule has 0 radical (unpaired) electrons. The molecule has 1 rings (SSSR count). The van der Waals surface area contributed by atoms with Gasteiger partial charge in [0.2, 0.25) is 0 Å². The first-order valence-corrected chi connectivity index (χ1v) is 6.70. The smallest absolute Gasteiger partial charge is 0.339 e. The van der Waals surface area contributed by atoms with Crippen molar-refractivity contribution in [3.05, 3.63) is 35.4 Å². The largest absolute Gasteiger partial charge is 0.465 e. The topological polar surface area (TPSA) is 55.8 Å². The number of hydrogen-bond donors (Lipinski definition) is 0. The van der Waals surface area contributed by atoms with E-state index >= 15 is 0 Å². The number of benzene rings is 1. The maximum Gasteiger partial charge on any atom is 0.339 e. The molecule has 0 aromatic heterocycles. The van der Waals surface area contributed by atoms with Crippen molar-refractivity contribution in [2.24, 2.45) is 0 Å². The predicted octanol–water partition coefficient (Wildman–Crippen LogP) is 2.39. The standard InChI is InChI=1S/C15H21NO4.ClH/c1-4-16(5-2)10-11-20-15(18)13-9-7-6-8-12(13)14(17)19-3;/h6-9H,4-5,10-11H2,1-3H3;1H. The van der Waals surface area contributed by atoms with E-state index in [-0.39, 0.29) is 23.5 Å². The Labute approximate surface area is 131 Å². The molecule has 0 N–H and O–H groups in total. The Balaban J connectivity index is 0.00000400. The number of esters is 2. The number of carbonyl (C=O) groups excluding carboxylic acids is 2. The fraction of sp³-hybridized carbons (Fsp3) is 0.467. The molecule has 0 unspecified atom stereocenters. The lowest BCUT2D eigenvalue weighted by Gasteiger charge is -2.17. The highest BCUT2D eigenvalue weighted by atomic mass is 35.5. The quantitative estimate of drug-likeness (QED) is 0.723. The van der Waals surface area contributed by atoms with E-state index in [0.29, 0.717) is 13.2 Å². The summed E-state index contributed by atoms with van der Waals surface area (Å²) in [7, 11) is 1.28. The van der Waals surface area contributed by atoms with E-state index in [1.54, 1.807) is 24.3 Å². The van der Waals surface area contributed by atoms with Gasteiger partial charge in [0.1, 0.15) is 6.61 Å². The Morgan fingerprint density at radius 2 is 1.57 bits per heavy atom. The molecule has 0 aliphatic rings. The number of nitrogens with zero attached hydrogens (tertiary/aromatic N) is 1. The Kier molecular flexibility index (Phi) is 9.41. The Hall–Kier alpha value is -1.59. The van der Waals surface area contributed by atoms with Crippen LogP contribution >= 0.6 is 12.4 Å². The van der Waals surface area contributed by atoms with Gasteiger partial charge in [-0.1, -0.05) is 26.0 Å². The summed E-state index contributed by atoms with van der Waals surface area (Å²) in [4.78, 5) is 25.7. The van der Waals surface area contributed by atoms with Crippen molar-refractivity contribution in [3.63, 3.8) is 0 Å². The molecule has 0 aliphatic heterocycles. The van der Waals surface area contributed by atoms with Gasteiger partial charge in [-0.3, -0.25) is 0 Å². The summed E-state index contributed by atoms with van der Waals surface area (Å²) in [6.45, 7) is 6.91. The molecule has 6 heteroatoms. The number of likely N-dealkylation sites (N-methyl/N-ethyl adjacent to an activating group) is 1. The molecule has 0 aliphatic carbocycles. The minimum Gasteiger partial charge on any atom is -0.465 e. The third kappa shape index (κ3) is 5.73. The number of rotatable bonds is 7. The molecule has 0 saturated heterocycles. The summed E-state index contributed by atoms with van der Waals surface area (Å²) in [6.07, 6.45) is 0. The van der Waals surface area contributed by atoms with Crippen LogP contribution in [0, 0.1) is 0 Å². The van der Waals surface area contributed by atoms with Gasteiger partial charge >= 0.3 is 11.9 Å². The zero-order valence-electron chi connectivity index (χ0n) is 12.6. The summed E-state index contributed by atoms with van der Waals surface area (Å²) in [6, 6.07) is 6.48. The van der Waals surface area contributed by atoms with Crippen LogP contribution in [0.25, 0.3) is 0 Å². The Morgan fingerprint density at radius 1 is 1.05 bits per heavy atom. The predicted molar refractivity (Wildman–Crippen MR) is 83.1 cm³/mol. The van der Waals surface area contributed by atoms with E-state index in [2.05, 4.69) is 23.5 Å². The number of hydrogen-bond acceptors (Lipinski definition) is 5. The lowest BCUT2D eigenvalue weighted by atomic mass is 10.1. The van der Waals surface area contributed by atoms with Gasteiger partial charge in [-0.15, -0.1) is 12.4 Å². The molecule has 0 heterocycles. The molecule has 0 atom stereocenters. The average molecular weight is 316 g/mol. The second kappa shape index (κ2) is 10.2. The molecule has 0 amide bonds. The van der Waals surface area contributed by atoms with E-state index in [9.17, 15) is 9.59 Å². The maximum atomic E-state index is 12.0. The summed E-state index contributed by atoms with van der Waals surface area (Å²) in [5.74, 6) is -1.04. The lowest BCUT2D eigenvalue weighted by molar-refractivity contribution is 0.0452. The van der Waals surface area contributed by atoms with Gasteiger partial charge in [-0.2, -0.15) is 0 Å². The van der Waals surface area contributed by atoms with Gasteiger partial charge in [-0.05, 0) is 25.2 Å². The zero-order valence-corrected chi connectivity index (χ0v) is 13.4. The molecule has 118 valence electrons. The van der Waals surface area contributed by atoms with Gasteiger partial charge in [0.15, 0.2) is 0 Å². The Morgan fingerprint density at radius 3 is 2.05 bits per heavy atom. The van der Waals surface area contributed by atoms with Crippen molar-refractivity contribution >= 4 is 24.3 Å². The van der Waals surface area contributed by atoms with E-state index in [1.165, 1.54) is 7.11 Å². The highest BCUT2D eigenvalue weighted by Crippen LogP contribution is 2.11. The first-order valence-electron chi connectivity index (χ1n) is 6.70. The van der Waals surface area contributed by atoms with Crippen LogP contribution in [-0.2, 0) is 9.47 Å². The van der Waals surface area contributed by atoms with Crippen molar-refractivity contribution in [1.82, 2.24) is 4.90 Å². The molecule has 1 aromatic carbocycles. The SMILES string of the molecule is CCN(CC)CCOC(=O)c1ccccc1C(=O)OC.Cl. The van der Waals surface area contributed by atoms with E-state index in [0.717, 1.165) is 13.1 Å². The number of halogens is 1. The zero-order chi connectivity index (χ0) is 15.0. The van der Waals surface area contributed by atoms with Crippen LogP contribution in [0.1, 0.15) is 34.6 Å². The second-order valence-electron chi connectivity index (χ2n) is 4.20. The summed E-state index contributed by atoms with van der Waals surface area (Å²) < 4.78 is 9.86. The van der Waals surface area contributed by atoms with Crippen molar-refractivity contribution in [3.8, 4) is 0 Å². The minimum absolute atomic E-state index is 0. The Bertz CT molecular complexity index is 461. The molecule has 0 saturated carbocycles. The third-order valence-electron chi connectivity index (χ3n) is 3.09. The third-order valence-corrected chi connectivity index (χ3v) is 3.09. The monoisotopic (exact) mass is 315 g/mol. The number of ether oxygens (including phenoxy) is 2. The fourth-order valence-corrected chi connectivity index (χ4v) is 1.83. The average Bonchev–Trinajstić information content (AvgIpc) is 2.50. The molecule has 21 heavy (non-hydrogen) atoms. The molecular formula is C15H22ClNO4. The summed E-state index contributed by atoms with van der Waals surface area (Å²) >= 11 is 0. The van der Waals surface area contributed by atoms with Crippen LogP contribution in [0.15, 0.2) is 24.3 Å². The van der Waals surface area contributed by atoms with Crippen molar-refractivity contribution in [2.75, 3.05) is 33.4 Å². The van der Waals surface area contributed by atoms with E-state index in [1.807, 2.05) is 0 Å². The van der Waals surface area contributed by atoms with Crippen LogP contribution in [0.3, 0.4) is 0 Å². The first-order chi connectivity index (χ1) is 9.63. The van der Waals surface area contributed by atoms with E-state index < -0.39 is 11.9 Å². The van der Waals surface area contributed by atoms with Crippen molar-refractivity contribution < 1.29 is 19.1 Å². The second-order valence-corrected chi connectivity index (χ2v) is 4.20. The van der Waals surface area contributed by atoms with Gasteiger partial charge in [0.05, 0.1) is 18.2 Å². The molecule has 5 nitrogen and oxygen atoms in total. The van der Waals surface area contributed by atoms with Gasteiger partial charge in [0, 0.05) is 6.54 Å².